The normalized spacial score (nSPS) is 14.9. The van der Waals surface area contributed by atoms with Crippen molar-refractivity contribution < 1.29 is 14.7 Å². The number of carbonyl (C=O) groups excluding carboxylic acids is 1. The molecule has 68 valence electrons. The van der Waals surface area contributed by atoms with E-state index < -0.39 is 5.97 Å². The molecule has 1 aliphatic heterocycles. The molecule has 0 atom stereocenters. The smallest absolute Gasteiger partial charge is 0.345 e. The molecule has 0 spiro atoms. The molecule has 0 aliphatic carbocycles. The number of hydrogen-bond donors (Lipinski definition) is 2. The quantitative estimate of drug-likeness (QED) is 0.744. The van der Waals surface area contributed by atoms with Crippen molar-refractivity contribution in [3.8, 4) is 0 Å². The van der Waals surface area contributed by atoms with Crippen LogP contribution in [-0.4, -0.2) is 22.7 Å². The van der Waals surface area contributed by atoms with Crippen molar-refractivity contribution in [3.05, 3.63) is 10.9 Å². The molecule has 0 radical (unpaired) electrons. The summed E-state index contributed by atoms with van der Waals surface area (Å²) in [6, 6.07) is 1.59. The molecule has 2 N–H and O–H groups in total. The number of amides is 1. The van der Waals surface area contributed by atoms with Gasteiger partial charge in [-0.15, -0.1) is 23.1 Å². The molecule has 1 aliphatic rings. The van der Waals surface area contributed by atoms with Gasteiger partial charge in [0.25, 0.3) is 0 Å². The Hall–Kier alpha value is -1.01. The van der Waals surface area contributed by atoms with Gasteiger partial charge in [0.2, 0.25) is 5.91 Å². The minimum atomic E-state index is -0.950. The van der Waals surface area contributed by atoms with Crippen LogP contribution in [0.15, 0.2) is 11.0 Å². The number of anilines is 1. The minimum Gasteiger partial charge on any atom is -0.477 e. The van der Waals surface area contributed by atoms with Crippen LogP contribution in [0.2, 0.25) is 0 Å². The fraction of sp³-hybridized carbons (Fsp3) is 0.143. The predicted molar refractivity (Wildman–Crippen MR) is 50.6 cm³/mol. The van der Waals surface area contributed by atoms with E-state index in [1.54, 1.807) is 6.07 Å². The van der Waals surface area contributed by atoms with Crippen LogP contribution in [0.5, 0.6) is 0 Å². The number of thioether (sulfide) groups is 1. The molecule has 2 heterocycles. The number of fused-ring (bicyclic) bond motifs is 1. The van der Waals surface area contributed by atoms with Crippen LogP contribution in [0.4, 0.5) is 5.00 Å². The zero-order chi connectivity index (χ0) is 9.42. The molecule has 0 unspecified atom stereocenters. The van der Waals surface area contributed by atoms with Gasteiger partial charge in [-0.05, 0) is 6.07 Å². The second-order valence-corrected chi connectivity index (χ2v) is 4.52. The van der Waals surface area contributed by atoms with Gasteiger partial charge in [-0.3, -0.25) is 4.79 Å². The maximum Gasteiger partial charge on any atom is 0.345 e. The van der Waals surface area contributed by atoms with E-state index in [-0.39, 0.29) is 10.8 Å². The van der Waals surface area contributed by atoms with Crippen molar-refractivity contribution in [2.24, 2.45) is 0 Å². The van der Waals surface area contributed by atoms with Crippen molar-refractivity contribution in [2.45, 2.75) is 4.90 Å². The summed E-state index contributed by atoms with van der Waals surface area (Å²) in [7, 11) is 0. The first-order valence-electron chi connectivity index (χ1n) is 3.46. The highest BCUT2D eigenvalue weighted by atomic mass is 32.2. The van der Waals surface area contributed by atoms with Gasteiger partial charge in [-0.1, -0.05) is 0 Å². The molecule has 1 aromatic rings. The van der Waals surface area contributed by atoms with Gasteiger partial charge >= 0.3 is 5.97 Å². The molecule has 13 heavy (non-hydrogen) atoms. The maximum atomic E-state index is 10.9. The van der Waals surface area contributed by atoms with Crippen molar-refractivity contribution in [2.75, 3.05) is 11.1 Å². The molecule has 6 heteroatoms. The standard InChI is InChI=1S/C7H5NO3S2/c9-5-2-12-3-1-4(7(10)11)13-6(3)8-5/h1H,2H2,(H,8,9)(H,10,11). The number of thiophene rings is 1. The Morgan fingerprint density at radius 2 is 2.38 bits per heavy atom. The SMILES string of the molecule is O=C1CSc2cc(C(=O)O)sc2N1. The molecule has 0 saturated heterocycles. The van der Waals surface area contributed by atoms with E-state index in [1.807, 2.05) is 0 Å². The van der Waals surface area contributed by atoms with Gasteiger partial charge in [0.05, 0.1) is 5.75 Å². The zero-order valence-electron chi connectivity index (χ0n) is 6.36. The third-order valence-corrected chi connectivity index (χ3v) is 3.73. The van der Waals surface area contributed by atoms with Crippen LogP contribution in [0.3, 0.4) is 0 Å². The van der Waals surface area contributed by atoms with E-state index in [1.165, 1.54) is 11.8 Å². The molecule has 0 aromatic carbocycles. The molecule has 1 amide bonds. The predicted octanol–water partition coefficient (Wildman–Crippen LogP) is 1.49. The first kappa shape index (κ1) is 8.58. The third-order valence-electron chi connectivity index (χ3n) is 1.52. The van der Waals surface area contributed by atoms with Crippen LogP contribution in [-0.2, 0) is 4.79 Å². The number of carbonyl (C=O) groups is 2. The Balaban J connectivity index is 2.39. The summed E-state index contributed by atoms with van der Waals surface area (Å²) in [6.07, 6.45) is 0. The van der Waals surface area contributed by atoms with E-state index in [0.29, 0.717) is 10.8 Å². The lowest BCUT2D eigenvalue weighted by Crippen LogP contribution is -2.16. The molecular weight excluding hydrogens is 210 g/mol. The van der Waals surface area contributed by atoms with Crippen molar-refractivity contribution in [3.63, 3.8) is 0 Å². The van der Waals surface area contributed by atoms with Crippen LogP contribution >= 0.6 is 23.1 Å². The van der Waals surface area contributed by atoms with Crippen LogP contribution < -0.4 is 5.32 Å². The Morgan fingerprint density at radius 1 is 1.62 bits per heavy atom. The van der Waals surface area contributed by atoms with Gasteiger partial charge in [0.15, 0.2) is 0 Å². The van der Waals surface area contributed by atoms with E-state index >= 15 is 0 Å². The Bertz CT molecular complexity index is 385. The summed E-state index contributed by atoms with van der Waals surface area (Å²) in [5, 5.41) is 12.0. The fourth-order valence-electron chi connectivity index (χ4n) is 0.980. The first-order valence-corrected chi connectivity index (χ1v) is 5.27. The highest BCUT2D eigenvalue weighted by molar-refractivity contribution is 8.00. The van der Waals surface area contributed by atoms with E-state index in [4.69, 9.17) is 5.11 Å². The first-order chi connectivity index (χ1) is 6.16. The minimum absolute atomic E-state index is 0.0729. The second kappa shape index (κ2) is 3.04. The lowest BCUT2D eigenvalue weighted by Gasteiger charge is -2.09. The van der Waals surface area contributed by atoms with Gasteiger partial charge in [-0.25, -0.2) is 4.79 Å². The number of carboxylic acids is 1. The molecule has 4 nitrogen and oxygen atoms in total. The van der Waals surface area contributed by atoms with E-state index in [9.17, 15) is 9.59 Å². The molecular formula is C7H5NO3S2. The summed E-state index contributed by atoms with van der Waals surface area (Å²) in [6.45, 7) is 0. The summed E-state index contributed by atoms with van der Waals surface area (Å²) in [5.74, 6) is -0.659. The Kier molecular flexibility index (Phi) is 2.01. The largest absolute Gasteiger partial charge is 0.477 e. The number of carboxylic acid groups (broad SMARTS) is 1. The number of hydrogen-bond acceptors (Lipinski definition) is 4. The van der Waals surface area contributed by atoms with Crippen molar-refractivity contribution >= 4 is 40.0 Å². The Labute approximate surface area is 82.0 Å². The Morgan fingerprint density at radius 3 is 3.08 bits per heavy atom. The maximum absolute atomic E-state index is 10.9. The number of aromatic carboxylic acids is 1. The zero-order valence-corrected chi connectivity index (χ0v) is 8.00. The molecule has 0 saturated carbocycles. The third kappa shape index (κ3) is 1.54. The molecule has 1 aromatic heterocycles. The van der Waals surface area contributed by atoms with Crippen LogP contribution in [0.1, 0.15) is 9.67 Å². The van der Waals surface area contributed by atoms with Gasteiger partial charge < -0.3 is 10.4 Å². The summed E-state index contributed by atoms with van der Waals surface area (Å²) < 4.78 is 0. The monoisotopic (exact) mass is 215 g/mol. The molecule has 0 fully saturated rings. The summed E-state index contributed by atoms with van der Waals surface area (Å²) in [5.41, 5.74) is 0. The van der Waals surface area contributed by atoms with Crippen LogP contribution in [0.25, 0.3) is 0 Å². The van der Waals surface area contributed by atoms with Crippen molar-refractivity contribution in [1.29, 1.82) is 0 Å². The van der Waals surface area contributed by atoms with Crippen molar-refractivity contribution in [1.82, 2.24) is 0 Å². The van der Waals surface area contributed by atoms with Crippen LogP contribution in [0, 0.1) is 0 Å². The number of rotatable bonds is 1. The average molecular weight is 215 g/mol. The van der Waals surface area contributed by atoms with Gasteiger partial charge in [0.1, 0.15) is 9.88 Å². The highest BCUT2D eigenvalue weighted by Gasteiger charge is 2.20. The topological polar surface area (TPSA) is 66.4 Å². The lowest BCUT2D eigenvalue weighted by atomic mass is 10.4. The second-order valence-electron chi connectivity index (χ2n) is 2.45. The average Bonchev–Trinajstić information content (AvgIpc) is 2.46. The molecule has 2 rings (SSSR count). The fourth-order valence-corrected chi connectivity index (χ4v) is 2.91. The molecule has 0 bridgehead atoms. The van der Waals surface area contributed by atoms with Gasteiger partial charge in [0, 0.05) is 4.90 Å². The van der Waals surface area contributed by atoms with Gasteiger partial charge in [-0.2, -0.15) is 0 Å². The van der Waals surface area contributed by atoms with E-state index in [2.05, 4.69) is 5.32 Å². The lowest BCUT2D eigenvalue weighted by molar-refractivity contribution is -0.113. The van der Waals surface area contributed by atoms with E-state index in [0.717, 1.165) is 16.2 Å². The number of nitrogens with one attached hydrogen (secondary N) is 1. The summed E-state index contributed by atoms with van der Waals surface area (Å²) in [4.78, 5) is 22.6. The summed E-state index contributed by atoms with van der Waals surface area (Å²) >= 11 is 2.46. The highest BCUT2D eigenvalue weighted by Crippen LogP contribution is 2.38.